The highest BCUT2D eigenvalue weighted by molar-refractivity contribution is 6.30. The Morgan fingerprint density at radius 3 is 2.38 bits per heavy atom. The van der Waals surface area contributed by atoms with E-state index in [1.165, 1.54) is 29.8 Å². The van der Waals surface area contributed by atoms with Gasteiger partial charge in [0.05, 0.1) is 0 Å². The van der Waals surface area contributed by atoms with Gasteiger partial charge in [0, 0.05) is 22.5 Å². The standard InChI is InChI=1S/C14H14ClN/c1-10-2-9-14(16(10)13-7-8-13)11-3-5-12(15)6-4-11/h2-6,9,13H,7-8H2,1H3. The first-order chi connectivity index (χ1) is 7.75. The number of hydrogen-bond acceptors (Lipinski definition) is 0. The van der Waals surface area contributed by atoms with Crippen molar-refractivity contribution >= 4 is 11.6 Å². The molecule has 2 heteroatoms. The molecule has 1 saturated carbocycles. The van der Waals surface area contributed by atoms with Crippen LogP contribution in [-0.2, 0) is 0 Å². The van der Waals surface area contributed by atoms with E-state index in [-0.39, 0.29) is 0 Å². The van der Waals surface area contributed by atoms with Gasteiger partial charge >= 0.3 is 0 Å². The summed E-state index contributed by atoms with van der Waals surface area (Å²) in [5, 5.41) is 0.796. The first-order valence-electron chi connectivity index (χ1n) is 5.69. The highest BCUT2D eigenvalue weighted by Gasteiger charge is 2.26. The second-order valence-electron chi connectivity index (χ2n) is 4.47. The molecular formula is C14H14ClN. The first kappa shape index (κ1) is 9.98. The summed E-state index contributed by atoms with van der Waals surface area (Å²) in [5.41, 5.74) is 3.92. The summed E-state index contributed by atoms with van der Waals surface area (Å²) in [4.78, 5) is 0. The van der Waals surface area contributed by atoms with Crippen LogP contribution in [0.4, 0.5) is 0 Å². The molecule has 1 heterocycles. The zero-order valence-electron chi connectivity index (χ0n) is 9.28. The topological polar surface area (TPSA) is 4.93 Å². The number of aromatic nitrogens is 1. The quantitative estimate of drug-likeness (QED) is 0.720. The van der Waals surface area contributed by atoms with Crippen molar-refractivity contribution in [3.63, 3.8) is 0 Å². The van der Waals surface area contributed by atoms with Crippen LogP contribution < -0.4 is 0 Å². The van der Waals surface area contributed by atoms with Crippen LogP contribution in [0.1, 0.15) is 24.6 Å². The van der Waals surface area contributed by atoms with Gasteiger partial charge in [-0.3, -0.25) is 0 Å². The lowest BCUT2D eigenvalue weighted by Gasteiger charge is -2.10. The van der Waals surface area contributed by atoms with Gasteiger partial charge in [-0.15, -0.1) is 0 Å². The number of halogens is 1. The maximum Gasteiger partial charge on any atom is 0.0485 e. The SMILES string of the molecule is Cc1ccc(-c2ccc(Cl)cc2)n1C1CC1. The van der Waals surface area contributed by atoms with Gasteiger partial charge in [0.2, 0.25) is 0 Å². The van der Waals surface area contributed by atoms with E-state index in [9.17, 15) is 0 Å². The predicted octanol–water partition coefficient (Wildman–Crippen LogP) is 4.45. The van der Waals surface area contributed by atoms with E-state index in [0.717, 1.165) is 11.1 Å². The van der Waals surface area contributed by atoms with Crippen LogP contribution in [0.2, 0.25) is 5.02 Å². The van der Waals surface area contributed by atoms with Crippen LogP contribution in [0.3, 0.4) is 0 Å². The molecule has 82 valence electrons. The third kappa shape index (κ3) is 1.65. The summed E-state index contributed by atoms with van der Waals surface area (Å²) in [5.74, 6) is 0. The molecule has 1 aliphatic rings. The Hall–Kier alpha value is -1.21. The molecule has 0 atom stereocenters. The fourth-order valence-electron chi connectivity index (χ4n) is 2.22. The van der Waals surface area contributed by atoms with Gasteiger partial charge in [0.25, 0.3) is 0 Å². The minimum Gasteiger partial charge on any atom is -0.342 e. The molecule has 1 nitrogen and oxygen atoms in total. The zero-order chi connectivity index (χ0) is 11.1. The molecule has 0 amide bonds. The molecule has 0 unspecified atom stereocenters. The van der Waals surface area contributed by atoms with Crippen LogP contribution in [0.25, 0.3) is 11.3 Å². The van der Waals surface area contributed by atoms with Crippen LogP contribution in [0, 0.1) is 6.92 Å². The number of rotatable bonds is 2. The Morgan fingerprint density at radius 2 is 1.75 bits per heavy atom. The summed E-state index contributed by atoms with van der Waals surface area (Å²) in [6.45, 7) is 2.18. The second-order valence-corrected chi connectivity index (χ2v) is 4.90. The molecule has 0 spiro atoms. The van der Waals surface area contributed by atoms with Gasteiger partial charge in [-0.2, -0.15) is 0 Å². The van der Waals surface area contributed by atoms with Gasteiger partial charge in [0.1, 0.15) is 0 Å². The highest BCUT2D eigenvalue weighted by atomic mass is 35.5. The molecule has 1 fully saturated rings. The normalized spacial score (nSPS) is 15.4. The Balaban J connectivity index is 2.08. The maximum atomic E-state index is 5.91. The molecule has 0 radical (unpaired) electrons. The number of aryl methyl sites for hydroxylation is 1. The van der Waals surface area contributed by atoms with Gasteiger partial charge in [-0.25, -0.2) is 0 Å². The zero-order valence-corrected chi connectivity index (χ0v) is 10.0. The number of benzene rings is 1. The van der Waals surface area contributed by atoms with Crippen molar-refractivity contribution in [1.82, 2.24) is 4.57 Å². The van der Waals surface area contributed by atoms with Crippen molar-refractivity contribution in [2.24, 2.45) is 0 Å². The van der Waals surface area contributed by atoms with Gasteiger partial charge in [-0.05, 0) is 49.6 Å². The fraction of sp³-hybridized carbons (Fsp3) is 0.286. The van der Waals surface area contributed by atoms with Crippen LogP contribution in [0.15, 0.2) is 36.4 Å². The molecule has 16 heavy (non-hydrogen) atoms. The molecule has 0 N–H and O–H groups in total. The van der Waals surface area contributed by atoms with Crippen molar-refractivity contribution in [2.45, 2.75) is 25.8 Å². The molecule has 0 bridgehead atoms. The Kier molecular flexibility index (Phi) is 2.29. The highest BCUT2D eigenvalue weighted by Crippen LogP contribution is 2.40. The number of nitrogens with zero attached hydrogens (tertiary/aromatic N) is 1. The molecule has 1 aromatic heterocycles. The largest absolute Gasteiger partial charge is 0.342 e. The van der Waals surface area contributed by atoms with Crippen molar-refractivity contribution in [2.75, 3.05) is 0 Å². The summed E-state index contributed by atoms with van der Waals surface area (Å²) >= 11 is 5.91. The Morgan fingerprint density at radius 1 is 1.06 bits per heavy atom. The summed E-state index contributed by atoms with van der Waals surface area (Å²) in [7, 11) is 0. The smallest absolute Gasteiger partial charge is 0.0485 e. The minimum absolute atomic E-state index is 0.723. The van der Waals surface area contributed by atoms with Crippen LogP contribution in [-0.4, -0.2) is 4.57 Å². The average Bonchev–Trinajstić information content (AvgIpc) is 3.04. The third-order valence-corrected chi connectivity index (χ3v) is 3.43. The fourth-order valence-corrected chi connectivity index (χ4v) is 2.35. The maximum absolute atomic E-state index is 5.91. The predicted molar refractivity (Wildman–Crippen MR) is 67.9 cm³/mol. The van der Waals surface area contributed by atoms with Crippen molar-refractivity contribution < 1.29 is 0 Å². The van der Waals surface area contributed by atoms with Crippen LogP contribution in [0.5, 0.6) is 0 Å². The van der Waals surface area contributed by atoms with E-state index in [2.05, 4.69) is 35.8 Å². The van der Waals surface area contributed by atoms with E-state index >= 15 is 0 Å². The van der Waals surface area contributed by atoms with E-state index in [0.29, 0.717) is 0 Å². The summed E-state index contributed by atoms with van der Waals surface area (Å²) < 4.78 is 2.45. The summed E-state index contributed by atoms with van der Waals surface area (Å²) in [6, 6.07) is 13.2. The minimum atomic E-state index is 0.723. The van der Waals surface area contributed by atoms with E-state index in [1.807, 2.05) is 12.1 Å². The molecule has 1 aliphatic carbocycles. The van der Waals surface area contributed by atoms with E-state index in [1.54, 1.807) is 0 Å². The summed E-state index contributed by atoms with van der Waals surface area (Å²) in [6.07, 6.45) is 2.63. The lowest BCUT2D eigenvalue weighted by Crippen LogP contribution is -1.98. The van der Waals surface area contributed by atoms with Gasteiger partial charge in [-0.1, -0.05) is 23.7 Å². The molecule has 1 aromatic carbocycles. The lowest BCUT2D eigenvalue weighted by atomic mass is 10.1. The van der Waals surface area contributed by atoms with Gasteiger partial charge in [0.15, 0.2) is 0 Å². The first-order valence-corrected chi connectivity index (χ1v) is 6.07. The van der Waals surface area contributed by atoms with E-state index < -0.39 is 0 Å². The molecule has 3 rings (SSSR count). The van der Waals surface area contributed by atoms with Gasteiger partial charge < -0.3 is 4.57 Å². The monoisotopic (exact) mass is 231 g/mol. The van der Waals surface area contributed by atoms with Crippen LogP contribution >= 0.6 is 11.6 Å². The number of hydrogen-bond donors (Lipinski definition) is 0. The second kappa shape index (κ2) is 3.67. The molecule has 0 aliphatic heterocycles. The third-order valence-electron chi connectivity index (χ3n) is 3.17. The molecule has 2 aromatic rings. The van der Waals surface area contributed by atoms with Crippen molar-refractivity contribution in [3.05, 3.63) is 47.1 Å². The van der Waals surface area contributed by atoms with Crippen molar-refractivity contribution in [1.29, 1.82) is 0 Å². The van der Waals surface area contributed by atoms with Crippen molar-refractivity contribution in [3.8, 4) is 11.3 Å². The molecular weight excluding hydrogens is 218 g/mol. The average molecular weight is 232 g/mol. The van der Waals surface area contributed by atoms with E-state index in [4.69, 9.17) is 11.6 Å². The lowest BCUT2D eigenvalue weighted by molar-refractivity contribution is 0.730. The molecule has 0 saturated heterocycles. The Bertz CT molecular complexity index is 506. The Labute approximate surface area is 101 Å².